The van der Waals surface area contributed by atoms with Crippen molar-refractivity contribution in [2.45, 2.75) is 37.8 Å². The maximum atomic E-state index is 13.6. The number of carbonyl (C=O) groups is 3. The van der Waals surface area contributed by atoms with Crippen molar-refractivity contribution in [1.82, 2.24) is 9.88 Å². The number of nitrogens with one attached hydrogen (secondary N) is 1. The third-order valence-corrected chi connectivity index (χ3v) is 6.87. The fraction of sp³-hybridized carbons (Fsp3) is 0.391. The van der Waals surface area contributed by atoms with Crippen molar-refractivity contribution in [3.05, 3.63) is 47.2 Å². The van der Waals surface area contributed by atoms with Crippen molar-refractivity contribution in [1.29, 1.82) is 0 Å². The number of amides is 3. The van der Waals surface area contributed by atoms with Gasteiger partial charge in [0.25, 0.3) is 11.8 Å². The first-order valence-corrected chi connectivity index (χ1v) is 11.2. The molecule has 0 aliphatic carbocycles. The van der Waals surface area contributed by atoms with Crippen LogP contribution in [0.15, 0.2) is 36.7 Å². The summed E-state index contributed by atoms with van der Waals surface area (Å²) in [6.45, 7) is 1.88. The Morgan fingerprint density at radius 3 is 2.66 bits per heavy atom. The average Bonchev–Trinajstić information content (AvgIpc) is 3.16. The molecule has 0 radical (unpaired) electrons. The van der Waals surface area contributed by atoms with Gasteiger partial charge in [-0.25, -0.2) is 0 Å². The van der Waals surface area contributed by atoms with Crippen LogP contribution in [0.5, 0.6) is 0 Å². The Hall–Kier alpha value is -3.13. The van der Waals surface area contributed by atoms with E-state index in [1.165, 1.54) is 28.6 Å². The molecule has 1 aromatic carbocycles. The van der Waals surface area contributed by atoms with Gasteiger partial charge in [0, 0.05) is 44.9 Å². The number of likely N-dealkylation sites (N-methyl/N-ethyl adjacent to an activating group) is 1. The minimum Gasteiger partial charge on any atom is -0.371 e. The van der Waals surface area contributed by atoms with Crippen LogP contribution in [0.1, 0.15) is 42.5 Å². The topological polar surface area (TPSA) is 85.9 Å². The molecular weight excluding hydrogens is 430 g/mol. The molecule has 9 heteroatoms. The second kappa shape index (κ2) is 7.78. The second-order valence-electron chi connectivity index (χ2n) is 8.51. The molecule has 1 aromatic heterocycles. The van der Waals surface area contributed by atoms with Crippen molar-refractivity contribution in [3.8, 4) is 0 Å². The van der Waals surface area contributed by atoms with Crippen LogP contribution in [-0.2, 0) is 9.59 Å². The monoisotopic (exact) mass is 453 g/mol. The van der Waals surface area contributed by atoms with E-state index in [2.05, 4.69) is 15.2 Å². The molecule has 2 fully saturated rings. The van der Waals surface area contributed by atoms with Crippen LogP contribution in [0.2, 0.25) is 5.02 Å². The van der Waals surface area contributed by atoms with Crippen LogP contribution < -0.4 is 15.1 Å². The second-order valence-corrected chi connectivity index (χ2v) is 8.94. The van der Waals surface area contributed by atoms with Gasteiger partial charge in [-0.3, -0.25) is 24.3 Å². The lowest BCUT2D eigenvalue weighted by atomic mass is 9.95. The third kappa shape index (κ3) is 3.12. The van der Waals surface area contributed by atoms with E-state index < -0.39 is 11.6 Å². The summed E-state index contributed by atoms with van der Waals surface area (Å²) in [5.41, 5.74) is 0.859. The van der Waals surface area contributed by atoms with Crippen molar-refractivity contribution in [3.63, 3.8) is 0 Å². The van der Waals surface area contributed by atoms with E-state index in [0.717, 1.165) is 31.6 Å². The largest absolute Gasteiger partial charge is 0.371 e. The molecule has 1 atom stereocenters. The van der Waals surface area contributed by atoms with E-state index in [-0.39, 0.29) is 24.7 Å². The van der Waals surface area contributed by atoms with Gasteiger partial charge in [-0.15, -0.1) is 0 Å². The van der Waals surface area contributed by atoms with Gasteiger partial charge in [0.05, 0.1) is 28.2 Å². The molecule has 5 rings (SSSR count). The lowest BCUT2D eigenvalue weighted by Gasteiger charge is -2.47. The number of anilines is 3. The smallest absolute Gasteiger partial charge is 0.271 e. The molecule has 8 nitrogen and oxygen atoms in total. The molecule has 3 amide bonds. The predicted octanol–water partition coefficient (Wildman–Crippen LogP) is 3.27. The molecule has 166 valence electrons. The number of hydrogen-bond acceptors (Lipinski definition) is 5. The van der Waals surface area contributed by atoms with Crippen molar-refractivity contribution in [2.24, 2.45) is 0 Å². The van der Waals surface area contributed by atoms with Gasteiger partial charge < -0.3 is 15.1 Å². The Morgan fingerprint density at radius 2 is 1.91 bits per heavy atom. The van der Waals surface area contributed by atoms with E-state index in [9.17, 15) is 14.4 Å². The molecule has 32 heavy (non-hydrogen) atoms. The highest BCUT2D eigenvalue weighted by atomic mass is 35.5. The standard InChI is InChI=1S/C23H24ClN5O3/c1-27-21(31)18-6-5-17(28-9-3-2-4-10-28)12-19(18)29-20(30)7-8-23(27,29)22(32)26-16-11-15(24)13-25-14-16/h5-6,11-14H,2-4,7-10H2,1H3,(H,26,32). The Bertz CT molecular complexity index is 1120. The quantitative estimate of drug-likeness (QED) is 0.770. The Morgan fingerprint density at radius 1 is 1.12 bits per heavy atom. The average molecular weight is 454 g/mol. The van der Waals surface area contributed by atoms with Crippen LogP contribution in [0, 0.1) is 0 Å². The minimum atomic E-state index is -1.44. The zero-order valence-electron chi connectivity index (χ0n) is 17.8. The first-order chi connectivity index (χ1) is 15.4. The zero-order valence-corrected chi connectivity index (χ0v) is 18.6. The molecular formula is C23H24ClN5O3. The molecule has 2 aromatic rings. The van der Waals surface area contributed by atoms with Gasteiger partial charge in [0.1, 0.15) is 0 Å². The maximum Gasteiger partial charge on any atom is 0.271 e. The number of halogens is 1. The summed E-state index contributed by atoms with van der Waals surface area (Å²) in [5, 5.41) is 3.19. The molecule has 4 heterocycles. The fourth-order valence-corrected chi connectivity index (χ4v) is 5.20. The van der Waals surface area contributed by atoms with Gasteiger partial charge in [0.15, 0.2) is 0 Å². The van der Waals surface area contributed by atoms with Crippen LogP contribution in [0.4, 0.5) is 17.1 Å². The Labute approximate surface area is 191 Å². The first kappa shape index (κ1) is 20.8. The summed E-state index contributed by atoms with van der Waals surface area (Å²) in [6, 6.07) is 7.17. The molecule has 1 N–H and O–H groups in total. The van der Waals surface area contributed by atoms with Crippen LogP contribution >= 0.6 is 11.6 Å². The van der Waals surface area contributed by atoms with Gasteiger partial charge in [-0.1, -0.05) is 11.6 Å². The number of piperidine rings is 1. The fourth-order valence-electron chi connectivity index (χ4n) is 5.02. The molecule has 1 unspecified atom stereocenters. The SMILES string of the molecule is CN1C(=O)c2ccc(N3CCCCC3)cc2N2C(=O)CCC12C(=O)Nc1cncc(Cl)c1. The summed E-state index contributed by atoms with van der Waals surface area (Å²) in [4.78, 5) is 49.2. The van der Waals surface area contributed by atoms with Gasteiger partial charge in [-0.2, -0.15) is 0 Å². The predicted molar refractivity (Wildman–Crippen MR) is 122 cm³/mol. The maximum absolute atomic E-state index is 13.6. The molecule has 0 saturated carbocycles. The zero-order chi connectivity index (χ0) is 22.5. The highest BCUT2D eigenvalue weighted by molar-refractivity contribution is 6.30. The van der Waals surface area contributed by atoms with Crippen molar-refractivity contribution in [2.75, 3.05) is 35.3 Å². The number of carbonyl (C=O) groups excluding carboxylic acids is 3. The highest BCUT2D eigenvalue weighted by Crippen LogP contribution is 2.45. The number of aromatic nitrogens is 1. The summed E-state index contributed by atoms with van der Waals surface area (Å²) < 4.78 is 0. The highest BCUT2D eigenvalue weighted by Gasteiger charge is 2.59. The van der Waals surface area contributed by atoms with Crippen molar-refractivity contribution >= 4 is 46.4 Å². The number of rotatable bonds is 3. The summed E-state index contributed by atoms with van der Waals surface area (Å²) in [7, 11) is 1.57. The normalized spacial score (nSPS) is 22.6. The van der Waals surface area contributed by atoms with Crippen LogP contribution in [-0.4, -0.2) is 53.4 Å². The molecule has 3 aliphatic heterocycles. The number of pyridine rings is 1. The van der Waals surface area contributed by atoms with E-state index in [0.29, 0.717) is 22.0 Å². The van der Waals surface area contributed by atoms with Gasteiger partial charge in [0.2, 0.25) is 11.6 Å². The molecule has 0 spiro atoms. The van der Waals surface area contributed by atoms with Crippen LogP contribution in [0.25, 0.3) is 0 Å². The summed E-state index contributed by atoms with van der Waals surface area (Å²) >= 11 is 6.01. The minimum absolute atomic E-state index is 0.173. The lowest BCUT2D eigenvalue weighted by molar-refractivity contribution is -0.128. The number of nitrogens with zero attached hydrogens (tertiary/aromatic N) is 4. The number of hydrogen-bond donors (Lipinski definition) is 1. The Kier molecular flexibility index (Phi) is 5.04. The van der Waals surface area contributed by atoms with E-state index in [1.807, 2.05) is 12.1 Å². The number of benzene rings is 1. The number of fused-ring (bicyclic) bond motifs is 3. The molecule has 3 aliphatic rings. The summed E-state index contributed by atoms with van der Waals surface area (Å²) in [6.07, 6.45) is 6.76. The van der Waals surface area contributed by atoms with E-state index in [4.69, 9.17) is 11.6 Å². The van der Waals surface area contributed by atoms with Gasteiger partial charge in [-0.05, 0) is 43.5 Å². The molecule has 2 saturated heterocycles. The lowest BCUT2D eigenvalue weighted by Crippen LogP contribution is -2.68. The van der Waals surface area contributed by atoms with Crippen LogP contribution in [0.3, 0.4) is 0 Å². The molecule has 0 bridgehead atoms. The van der Waals surface area contributed by atoms with Crippen molar-refractivity contribution < 1.29 is 14.4 Å². The third-order valence-electron chi connectivity index (χ3n) is 6.67. The van der Waals surface area contributed by atoms with E-state index in [1.54, 1.807) is 19.2 Å². The summed E-state index contributed by atoms with van der Waals surface area (Å²) in [5.74, 6) is -0.923. The first-order valence-electron chi connectivity index (χ1n) is 10.8. The van der Waals surface area contributed by atoms with Gasteiger partial charge >= 0.3 is 0 Å². The van der Waals surface area contributed by atoms with E-state index >= 15 is 0 Å². The Balaban J connectivity index is 1.57.